The summed E-state index contributed by atoms with van der Waals surface area (Å²) in [6.07, 6.45) is -1.85. The monoisotopic (exact) mass is 337 g/mol. The zero-order chi connectivity index (χ0) is 17.7. The summed E-state index contributed by atoms with van der Waals surface area (Å²) in [5.41, 5.74) is 0.250. The third-order valence-corrected chi connectivity index (χ3v) is 3.68. The first kappa shape index (κ1) is 18.2. The maximum Gasteiger partial charge on any atom is 0.410 e. The molecular weight excluding hydrogens is 313 g/mol. The molecule has 2 atom stereocenters. The van der Waals surface area contributed by atoms with Crippen molar-refractivity contribution in [3.8, 4) is 0 Å². The van der Waals surface area contributed by atoms with E-state index in [1.165, 1.54) is 4.90 Å². The maximum absolute atomic E-state index is 14.1. The Balaban J connectivity index is 1.80. The van der Waals surface area contributed by atoms with Gasteiger partial charge in [-0.2, -0.15) is 0 Å². The molecule has 1 heterocycles. The third kappa shape index (κ3) is 5.51. The molecule has 5 nitrogen and oxygen atoms in total. The Hall–Kier alpha value is -2.11. The number of likely N-dealkylation sites (tertiary alicyclic amines) is 1. The van der Waals surface area contributed by atoms with E-state index >= 15 is 0 Å². The van der Waals surface area contributed by atoms with Gasteiger partial charge in [0, 0.05) is 12.5 Å². The largest absolute Gasteiger partial charge is 0.461 e. The van der Waals surface area contributed by atoms with Crippen LogP contribution in [0.4, 0.5) is 9.18 Å². The fraction of sp³-hybridized carbons (Fsp3) is 0.556. The molecule has 0 aliphatic carbocycles. The van der Waals surface area contributed by atoms with E-state index in [9.17, 15) is 14.0 Å². The third-order valence-electron chi connectivity index (χ3n) is 3.68. The lowest BCUT2D eigenvalue weighted by atomic mass is 10.0. The van der Waals surface area contributed by atoms with E-state index in [0.29, 0.717) is 0 Å². The molecule has 2 rings (SSSR count). The van der Waals surface area contributed by atoms with E-state index in [4.69, 9.17) is 9.47 Å². The van der Waals surface area contributed by atoms with Gasteiger partial charge in [-0.3, -0.25) is 4.79 Å². The van der Waals surface area contributed by atoms with Crippen molar-refractivity contribution < 1.29 is 23.5 Å². The summed E-state index contributed by atoms with van der Waals surface area (Å²) in [5, 5.41) is 0. The number of benzene rings is 1. The highest BCUT2D eigenvalue weighted by Crippen LogP contribution is 2.25. The highest BCUT2D eigenvalue weighted by molar-refractivity contribution is 5.71. The summed E-state index contributed by atoms with van der Waals surface area (Å²) in [4.78, 5) is 25.2. The van der Waals surface area contributed by atoms with Crippen LogP contribution >= 0.6 is 0 Å². The number of halogens is 1. The van der Waals surface area contributed by atoms with Gasteiger partial charge in [0.1, 0.15) is 18.4 Å². The molecule has 1 aliphatic heterocycles. The van der Waals surface area contributed by atoms with E-state index in [0.717, 1.165) is 5.56 Å². The molecule has 1 fully saturated rings. The zero-order valence-electron chi connectivity index (χ0n) is 14.3. The number of hydrogen-bond acceptors (Lipinski definition) is 4. The number of hydrogen-bond donors (Lipinski definition) is 0. The standard InChI is InChI=1S/C18H24FNO4/c1-18(2,3)24-17(22)20-10-14(15(19)11-20)9-16(21)23-12-13-7-5-4-6-8-13/h4-8,14-15H,9-12H2,1-3H3/t14-,15-/m0/s1. The Morgan fingerprint density at radius 2 is 1.88 bits per heavy atom. The van der Waals surface area contributed by atoms with E-state index in [1.54, 1.807) is 20.8 Å². The maximum atomic E-state index is 14.1. The summed E-state index contributed by atoms with van der Waals surface area (Å²) < 4.78 is 24.5. The fourth-order valence-electron chi connectivity index (χ4n) is 2.51. The normalized spacial score (nSPS) is 20.8. The smallest absolute Gasteiger partial charge is 0.410 e. The topological polar surface area (TPSA) is 55.8 Å². The van der Waals surface area contributed by atoms with Crippen LogP contribution in [0.5, 0.6) is 0 Å². The van der Waals surface area contributed by atoms with Gasteiger partial charge in [0.25, 0.3) is 0 Å². The summed E-state index contributed by atoms with van der Waals surface area (Å²) in [6.45, 7) is 5.55. The van der Waals surface area contributed by atoms with Crippen molar-refractivity contribution in [3.63, 3.8) is 0 Å². The molecule has 0 saturated carbocycles. The van der Waals surface area contributed by atoms with Crippen LogP contribution in [-0.4, -0.2) is 41.8 Å². The number of rotatable bonds is 4. The quantitative estimate of drug-likeness (QED) is 0.791. The molecule has 0 spiro atoms. The lowest BCUT2D eigenvalue weighted by molar-refractivity contribution is -0.146. The molecule has 0 N–H and O–H groups in total. The second-order valence-electron chi connectivity index (χ2n) is 7.01. The number of amides is 1. The van der Waals surface area contributed by atoms with Crippen LogP contribution in [0.25, 0.3) is 0 Å². The van der Waals surface area contributed by atoms with Gasteiger partial charge in [0.2, 0.25) is 0 Å². The van der Waals surface area contributed by atoms with Crippen molar-refractivity contribution in [2.24, 2.45) is 5.92 Å². The number of carbonyl (C=O) groups excluding carboxylic acids is 2. The first-order valence-corrected chi connectivity index (χ1v) is 8.06. The Morgan fingerprint density at radius 3 is 2.50 bits per heavy atom. The molecule has 0 aromatic heterocycles. The minimum atomic E-state index is -1.25. The molecular formula is C18H24FNO4. The van der Waals surface area contributed by atoms with Crippen molar-refractivity contribution in [1.29, 1.82) is 0 Å². The molecule has 24 heavy (non-hydrogen) atoms. The van der Waals surface area contributed by atoms with Crippen molar-refractivity contribution >= 4 is 12.1 Å². The van der Waals surface area contributed by atoms with Crippen molar-refractivity contribution in [3.05, 3.63) is 35.9 Å². The molecule has 1 aromatic rings. The van der Waals surface area contributed by atoms with Crippen LogP contribution in [0.3, 0.4) is 0 Å². The van der Waals surface area contributed by atoms with Crippen LogP contribution in [0.2, 0.25) is 0 Å². The number of ether oxygens (including phenoxy) is 2. The lowest BCUT2D eigenvalue weighted by Gasteiger charge is -2.24. The highest BCUT2D eigenvalue weighted by Gasteiger charge is 2.38. The summed E-state index contributed by atoms with van der Waals surface area (Å²) in [6, 6.07) is 9.30. The van der Waals surface area contributed by atoms with Gasteiger partial charge in [0.15, 0.2) is 0 Å². The number of alkyl halides is 1. The van der Waals surface area contributed by atoms with Gasteiger partial charge >= 0.3 is 12.1 Å². The molecule has 1 aromatic carbocycles. The summed E-state index contributed by atoms with van der Waals surface area (Å²) >= 11 is 0. The predicted octanol–water partition coefficient (Wildman–Crippen LogP) is 3.32. The highest BCUT2D eigenvalue weighted by atomic mass is 19.1. The van der Waals surface area contributed by atoms with E-state index in [1.807, 2.05) is 30.3 Å². The van der Waals surface area contributed by atoms with Gasteiger partial charge in [-0.25, -0.2) is 9.18 Å². The van der Waals surface area contributed by atoms with Gasteiger partial charge in [-0.15, -0.1) is 0 Å². The molecule has 1 saturated heterocycles. The first-order valence-electron chi connectivity index (χ1n) is 8.06. The molecule has 0 unspecified atom stereocenters. The van der Waals surface area contributed by atoms with E-state index < -0.39 is 29.8 Å². The molecule has 6 heteroatoms. The average Bonchev–Trinajstić information content (AvgIpc) is 2.86. The Kier molecular flexibility index (Phi) is 5.80. The lowest BCUT2D eigenvalue weighted by Crippen LogP contribution is -2.35. The molecule has 1 aliphatic rings. The minimum Gasteiger partial charge on any atom is -0.461 e. The van der Waals surface area contributed by atoms with Crippen molar-refractivity contribution in [2.45, 2.75) is 45.6 Å². The number of carbonyl (C=O) groups is 2. The van der Waals surface area contributed by atoms with Crippen molar-refractivity contribution in [2.75, 3.05) is 13.1 Å². The Labute approximate surface area is 141 Å². The minimum absolute atomic E-state index is 0.0483. The van der Waals surface area contributed by atoms with Gasteiger partial charge < -0.3 is 14.4 Å². The number of esters is 1. The van der Waals surface area contributed by atoms with Gasteiger partial charge in [-0.05, 0) is 26.3 Å². The second kappa shape index (κ2) is 7.64. The molecule has 0 bridgehead atoms. The van der Waals surface area contributed by atoms with Gasteiger partial charge in [0.05, 0.1) is 13.0 Å². The Morgan fingerprint density at radius 1 is 1.21 bits per heavy atom. The van der Waals surface area contributed by atoms with Crippen LogP contribution in [0, 0.1) is 5.92 Å². The van der Waals surface area contributed by atoms with Crippen LogP contribution in [0.1, 0.15) is 32.8 Å². The molecule has 0 radical (unpaired) electrons. The zero-order valence-corrected chi connectivity index (χ0v) is 14.3. The van der Waals surface area contributed by atoms with Crippen LogP contribution in [0.15, 0.2) is 30.3 Å². The second-order valence-corrected chi connectivity index (χ2v) is 7.01. The molecule has 132 valence electrons. The fourth-order valence-corrected chi connectivity index (χ4v) is 2.51. The predicted molar refractivity (Wildman–Crippen MR) is 87.0 cm³/mol. The number of nitrogens with zero attached hydrogens (tertiary/aromatic N) is 1. The van der Waals surface area contributed by atoms with E-state index in [-0.39, 0.29) is 26.1 Å². The Bertz CT molecular complexity index is 570. The molecule has 1 amide bonds. The SMILES string of the molecule is CC(C)(C)OC(=O)N1C[C@H](CC(=O)OCc2ccccc2)[C@@H](F)C1. The van der Waals surface area contributed by atoms with Gasteiger partial charge in [-0.1, -0.05) is 30.3 Å². The first-order chi connectivity index (χ1) is 11.2. The van der Waals surface area contributed by atoms with E-state index in [2.05, 4.69) is 0 Å². The summed E-state index contributed by atoms with van der Waals surface area (Å²) in [5.74, 6) is -1.02. The van der Waals surface area contributed by atoms with Crippen LogP contribution in [-0.2, 0) is 20.9 Å². The van der Waals surface area contributed by atoms with Crippen molar-refractivity contribution in [1.82, 2.24) is 4.90 Å². The average molecular weight is 337 g/mol. The summed E-state index contributed by atoms with van der Waals surface area (Å²) in [7, 11) is 0. The van der Waals surface area contributed by atoms with Crippen LogP contribution < -0.4 is 0 Å².